The Morgan fingerprint density at radius 1 is 1.11 bits per heavy atom. The van der Waals surface area contributed by atoms with Gasteiger partial charge in [0.05, 0.1) is 33.9 Å². The van der Waals surface area contributed by atoms with Crippen LogP contribution < -0.4 is 10.2 Å². The van der Waals surface area contributed by atoms with Crippen molar-refractivity contribution in [1.82, 2.24) is 4.90 Å². The van der Waals surface area contributed by atoms with Gasteiger partial charge in [0.25, 0.3) is 11.8 Å². The molecule has 1 unspecified atom stereocenters. The molecule has 0 aromatic heterocycles. The van der Waals surface area contributed by atoms with Crippen LogP contribution in [-0.2, 0) is 19.9 Å². The fraction of sp³-hybridized carbons (Fsp3) is 0.348. The van der Waals surface area contributed by atoms with E-state index < -0.39 is 70.9 Å². The van der Waals surface area contributed by atoms with Gasteiger partial charge in [0.2, 0.25) is 5.91 Å². The third-order valence-electron chi connectivity index (χ3n) is 7.25. The van der Waals surface area contributed by atoms with E-state index in [0.29, 0.717) is 0 Å². The molecule has 37 heavy (non-hydrogen) atoms. The maximum absolute atomic E-state index is 14.8. The Hall–Kier alpha value is -2.24. The third-order valence-corrected chi connectivity index (χ3v) is 8.26. The van der Waals surface area contributed by atoms with Crippen LogP contribution in [0.5, 0.6) is 0 Å². The molecular formula is C23H16Cl4F3N3O4. The largest absolute Gasteiger partial charge is 0.481 e. The monoisotopic (exact) mass is 595 g/mol. The summed E-state index contributed by atoms with van der Waals surface area (Å²) in [4.78, 5) is 42.0. The highest BCUT2D eigenvalue weighted by molar-refractivity contribution is 6.38. The lowest BCUT2D eigenvalue weighted by molar-refractivity contribution is -0.153. The molecule has 1 spiro atoms. The van der Waals surface area contributed by atoms with Gasteiger partial charge in [-0.15, -0.1) is 0 Å². The van der Waals surface area contributed by atoms with Crippen LogP contribution >= 0.6 is 46.4 Å². The van der Waals surface area contributed by atoms with E-state index in [-0.39, 0.29) is 32.0 Å². The van der Waals surface area contributed by atoms with Crippen LogP contribution in [-0.4, -0.2) is 53.3 Å². The average molecular weight is 597 g/mol. The summed E-state index contributed by atoms with van der Waals surface area (Å²) >= 11 is 24.2. The molecule has 14 heteroatoms. The van der Waals surface area contributed by atoms with Crippen LogP contribution in [0, 0.1) is 17.7 Å². The lowest BCUT2D eigenvalue weighted by Crippen LogP contribution is -2.54. The van der Waals surface area contributed by atoms with Gasteiger partial charge in [0.1, 0.15) is 11.5 Å². The molecule has 3 aliphatic heterocycles. The highest BCUT2D eigenvalue weighted by Crippen LogP contribution is 2.61. The zero-order valence-electron chi connectivity index (χ0n) is 18.7. The molecule has 2 fully saturated rings. The fourth-order valence-electron chi connectivity index (χ4n) is 5.91. The predicted octanol–water partition coefficient (Wildman–Crippen LogP) is 5.29. The maximum atomic E-state index is 14.8. The summed E-state index contributed by atoms with van der Waals surface area (Å²) in [5, 5.41) is 12.5. The number of hydrogen-bond acceptors (Lipinski definition) is 4. The molecule has 2 aromatic carbocycles. The van der Waals surface area contributed by atoms with Crippen molar-refractivity contribution in [2.24, 2.45) is 11.8 Å². The molecular weight excluding hydrogens is 581 g/mol. The molecule has 0 aliphatic carbocycles. The van der Waals surface area contributed by atoms with E-state index in [1.807, 2.05) is 0 Å². The normalized spacial score (nSPS) is 27.8. The lowest BCUT2D eigenvalue weighted by Gasteiger charge is -2.36. The number of nitrogens with zero attached hydrogens (tertiary/aromatic N) is 2. The average Bonchev–Trinajstić information content (AvgIpc) is 3.36. The Morgan fingerprint density at radius 2 is 1.73 bits per heavy atom. The van der Waals surface area contributed by atoms with E-state index in [1.54, 1.807) is 0 Å². The second-order valence-corrected chi connectivity index (χ2v) is 10.9. The molecule has 5 rings (SSSR count). The van der Waals surface area contributed by atoms with Gasteiger partial charge < -0.3 is 15.3 Å². The number of nitrogens with one attached hydrogen (secondary N) is 1. The van der Waals surface area contributed by atoms with Crippen LogP contribution in [0.15, 0.2) is 24.3 Å². The summed E-state index contributed by atoms with van der Waals surface area (Å²) in [6.45, 7) is -0.997. The maximum Gasteiger partial charge on any atom is 0.310 e. The smallest absolute Gasteiger partial charge is 0.310 e. The number of rotatable bonds is 3. The van der Waals surface area contributed by atoms with Gasteiger partial charge in [-0.05, 0) is 24.3 Å². The number of fused-ring (bicyclic) bond motifs is 4. The number of carboxylic acids is 1. The Bertz CT molecular complexity index is 1390. The second-order valence-electron chi connectivity index (χ2n) is 9.25. The first-order chi connectivity index (χ1) is 17.2. The number of carboxylic acid groups (broad SMARTS) is 1. The van der Waals surface area contributed by atoms with Crippen molar-refractivity contribution in [3.63, 3.8) is 0 Å². The number of carbonyl (C=O) groups excluding carboxylic acids is 2. The molecule has 2 N–H and O–H groups in total. The number of halogens is 7. The van der Waals surface area contributed by atoms with E-state index in [2.05, 4.69) is 5.32 Å². The Kier molecular flexibility index (Phi) is 6.16. The van der Waals surface area contributed by atoms with Gasteiger partial charge in [-0.3, -0.25) is 19.3 Å². The van der Waals surface area contributed by atoms with Crippen molar-refractivity contribution in [2.45, 2.75) is 23.9 Å². The van der Waals surface area contributed by atoms with E-state index in [1.165, 1.54) is 12.1 Å². The minimum atomic E-state index is -3.35. The van der Waals surface area contributed by atoms with Gasteiger partial charge in [0, 0.05) is 35.1 Å². The van der Waals surface area contributed by atoms with E-state index in [4.69, 9.17) is 46.4 Å². The van der Waals surface area contributed by atoms with Gasteiger partial charge in [-0.25, -0.2) is 13.2 Å². The number of alkyl halides is 2. The molecule has 2 aromatic rings. The van der Waals surface area contributed by atoms with E-state index in [0.717, 1.165) is 29.0 Å². The van der Waals surface area contributed by atoms with Crippen LogP contribution in [0.1, 0.15) is 12.0 Å². The van der Waals surface area contributed by atoms with Crippen molar-refractivity contribution >= 4 is 75.6 Å². The molecule has 3 heterocycles. The summed E-state index contributed by atoms with van der Waals surface area (Å²) in [6.07, 6.45) is -0.904. The highest BCUT2D eigenvalue weighted by atomic mass is 35.5. The summed E-state index contributed by atoms with van der Waals surface area (Å²) in [5.74, 6) is -11.4. The summed E-state index contributed by atoms with van der Waals surface area (Å²) in [6, 6.07) is 3.40. The van der Waals surface area contributed by atoms with E-state index in [9.17, 15) is 32.7 Å². The molecule has 0 bridgehead atoms. The van der Waals surface area contributed by atoms with Crippen LogP contribution in [0.4, 0.5) is 24.5 Å². The molecule has 7 nitrogen and oxygen atoms in total. The number of carbonyl (C=O) groups is 3. The minimum absolute atomic E-state index is 0.0128. The van der Waals surface area contributed by atoms with Gasteiger partial charge >= 0.3 is 5.97 Å². The van der Waals surface area contributed by atoms with Gasteiger partial charge in [0.15, 0.2) is 5.82 Å². The standard InChI is InChI=1S/C23H16Cl4F3N3O4/c1-32(13-5-9(25)3-11(26)17(13)28)19(34)15-14-6-22(29,30)7-33(14)23(16(15)20(35)36)10-2-8(24)4-12(27)18(10)31-21(23)37/h2-5,14-16H,6-7H2,1H3,(H,31,37)(H,35,36)/t14?,15-,16+,23-/m1/s1. The molecule has 3 aliphatic rings. The number of amides is 2. The summed E-state index contributed by atoms with van der Waals surface area (Å²) < 4.78 is 44.5. The molecule has 0 saturated carbocycles. The summed E-state index contributed by atoms with van der Waals surface area (Å²) in [5.41, 5.74) is -2.62. The molecule has 0 radical (unpaired) electrons. The Balaban J connectivity index is 1.72. The summed E-state index contributed by atoms with van der Waals surface area (Å²) in [7, 11) is 1.14. The fourth-order valence-corrected chi connectivity index (χ4v) is 6.93. The zero-order chi connectivity index (χ0) is 27.2. The first-order valence-corrected chi connectivity index (χ1v) is 12.3. The van der Waals surface area contributed by atoms with Gasteiger partial charge in [-0.2, -0.15) is 0 Å². The van der Waals surface area contributed by atoms with Crippen molar-refractivity contribution < 1.29 is 32.7 Å². The molecule has 2 saturated heterocycles. The van der Waals surface area contributed by atoms with Crippen molar-refractivity contribution in [1.29, 1.82) is 0 Å². The van der Waals surface area contributed by atoms with Crippen LogP contribution in [0.2, 0.25) is 20.1 Å². The number of anilines is 2. The van der Waals surface area contributed by atoms with Crippen molar-refractivity contribution in [2.75, 3.05) is 23.8 Å². The zero-order valence-corrected chi connectivity index (χ0v) is 21.7. The Labute approximate surface area is 228 Å². The van der Waals surface area contributed by atoms with Crippen LogP contribution in [0.25, 0.3) is 0 Å². The SMILES string of the molecule is CN(C(=O)[C@@H]1C2CC(F)(F)CN2[C@@]2(C(=O)Nc3c(Cl)cc(Cl)cc32)[C@@H]1C(=O)O)c1cc(Cl)cc(Cl)c1F. The highest BCUT2D eigenvalue weighted by Gasteiger charge is 2.74. The second kappa shape index (κ2) is 8.64. The molecule has 4 atom stereocenters. The predicted molar refractivity (Wildman–Crippen MR) is 131 cm³/mol. The molecule has 196 valence electrons. The van der Waals surface area contributed by atoms with E-state index >= 15 is 0 Å². The number of hydrogen-bond donors (Lipinski definition) is 2. The first-order valence-electron chi connectivity index (χ1n) is 10.8. The third kappa shape index (κ3) is 3.71. The number of aliphatic carboxylic acids is 1. The minimum Gasteiger partial charge on any atom is -0.481 e. The van der Waals surface area contributed by atoms with Gasteiger partial charge in [-0.1, -0.05) is 46.4 Å². The topological polar surface area (TPSA) is 90.0 Å². The lowest BCUT2D eigenvalue weighted by atomic mass is 9.73. The van der Waals surface area contributed by atoms with Crippen molar-refractivity contribution in [3.8, 4) is 0 Å². The first kappa shape index (κ1) is 26.4. The Morgan fingerprint density at radius 3 is 2.38 bits per heavy atom. The quantitative estimate of drug-likeness (QED) is 0.470. The molecule has 2 amide bonds. The number of benzene rings is 2. The van der Waals surface area contributed by atoms with Crippen LogP contribution in [0.3, 0.4) is 0 Å². The van der Waals surface area contributed by atoms with Crippen molar-refractivity contribution in [3.05, 3.63) is 55.7 Å².